The lowest BCUT2D eigenvalue weighted by Crippen LogP contribution is -2.19. The van der Waals surface area contributed by atoms with E-state index in [0.717, 1.165) is 30.5 Å². The lowest BCUT2D eigenvalue weighted by molar-refractivity contribution is 0.0926. The number of amides is 1. The molecule has 4 nitrogen and oxygen atoms in total. The number of carbonyl (C=O) groups excluding carboxylic acids is 1. The Labute approximate surface area is 132 Å². The number of benzene rings is 1. The van der Waals surface area contributed by atoms with Gasteiger partial charge in [0, 0.05) is 0 Å². The highest BCUT2D eigenvalue weighted by Crippen LogP contribution is 2.14. The Hall–Kier alpha value is -1.88. The van der Waals surface area contributed by atoms with E-state index in [9.17, 15) is 4.79 Å². The fourth-order valence-electron chi connectivity index (χ4n) is 1.85. The van der Waals surface area contributed by atoms with Gasteiger partial charge in [0.2, 0.25) is 0 Å². The summed E-state index contributed by atoms with van der Waals surface area (Å²) in [5.41, 5.74) is 4.45. The number of hydrogen-bond acceptors (Lipinski definition) is 3. The van der Waals surface area contributed by atoms with Crippen LogP contribution < -0.4 is 5.43 Å². The van der Waals surface area contributed by atoms with Crippen molar-refractivity contribution in [2.24, 2.45) is 5.10 Å². The summed E-state index contributed by atoms with van der Waals surface area (Å²) in [6.07, 6.45) is 2.92. The normalized spacial score (nSPS) is 11.4. The van der Waals surface area contributed by atoms with Crippen LogP contribution in [-0.4, -0.2) is 11.6 Å². The van der Waals surface area contributed by atoms with Crippen LogP contribution in [0.2, 0.25) is 0 Å². The van der Waals surface area contributed by atoms with E-state index in [1.165, 1.54) is 0 Å². The van der Waals surface area contributed by atoms with Gasteiger partial charge in [-0.25, -0.2) is 5.43 Å². The molecule has 1 aromatic heterocycles. The molecular formula is C16H17BrN2O2. The average Bonchev–Trinajstić information content (AvgIpc) is 2.95. The van der Waals surface area contributed by atoms with Crippen molar-refractivity contribution in [3.8, 4) is 0 Å². The van der Waals surface area contributed by atoms with Gasteiger partial charge in [-0.15, -0.1) is 0 Å². The van der Waals surface area contributed by atoms with E-state index < -0.39 is 0 Å². The average molecular weight is 349 g/mol. The summed E-state index contributed by atoms with van der Waals surface area (Å²) in [6.45, 7) is 2.13. The predicted molar refractivity (Wildman–Crippen MR) is 86.4 cm³/mol. The number of hydrogen-bond donors (Lipinski definition) is 1. The van der Waals surface area contributed by atoms with Gasteiger partial charge in [0.25, 0.3) is 0 Å². The van der Waals surface area contributed by atoms with E-state index in [1.54, 1.807) is 12.1 Å². The zero-order chi connectivity index (χ0) is 15.1. The fourth-order valence-corrected chi connectivity index (χ4v) is 2.16. The quantitative estimate of drug-likeness (QED) is 0.622. The molecule has 1 heterocycles. The van der Waals surface area contributed by atoms with Crippen molar-refractivity contribution in [3.05, 3.63) is 58.5 Å². The van der Waals surface area contributed by atoms with Crippen molar-refractivity contribution >= 4 is 27.5 Å². The molecule has 5 heteroatoms. The standard InChI is InChI=1S/C16H17BrN2O2/c1-2-3-9-13(12-7-5-4-6-8-12)18-19-16(20)14-10-11-15(17)21-14/h4-8,10-11H,2-3,9H2,1H3,(H,19,20)/b18-13-. The van der Waals surface area contributed by atoms with Crippen LogP contribution in [0.4, 0.5) is 0 Å². The van der Waals surface area contributed by atoms with Crippen LogP contribution in [0.25, 0.3) is 0 Å². The first-order chi connectivity index (χ1) is 10.2. The second-order valence-electron chi connectivity index (χ2n) is 4.57. The van der Waals surface area contributed by atoms with Gasteiger partial charge in [0.1, 0.15) is 0 Å². The first-order valence-electron chi connectivity index (χ1n) is 6.88. The summed E-state index contributed by atoms with van der Waals surface area (Å²) < 4.78 is 5.72. The molecule has 110 valence electrons. The van der Waals surface area contributed by atoms with Crippen LogP contribution in [0.1, 0.15) is 42.3 Å². The Kier molecular flexibility index (Phi) is 5.75. The van der Waals surface area contributed by atoms with Crippen LogP contribution in [0, 0.1) is 0 Å². The Morgan fingerprint density at radius 2 is 2.00 bits per heavy atom. The molecule has 0 bridgehead atoms. The zero-order valence-electron chi connectivity index (χ0n) is 11.8. The number of rotatable bonds is 6. The smallest absolute Gasteiger partial charge is 0.307 e. The van der Waals surface area contributed by atoms with Crippen LogP contribution in [0.15, 0.2) is 56.7 Å². The lowest BCUT2D eigenvalue weighted by atomic mass is 10.1. The highest BCUT2D eigenvalue weighted by Gasteiger charge is 2.10. The molecule has 0 saturated carbocycles. The molecule has 0 saturated heterocycles. The molecule has 0 fully saturated rings. The molecule has 1 N–H and O–H groups in total. The third kappa shape index (κ3) is 4.56. The topological polar surface area (TPSA) is 54.6 Å². The minimum Gasteiger partial charge on any atom is -0.444 e. The SMILES string of the molecule is CCCC/C(=N/NC(=O)c1ccc(Br)o1)c1ccccc1. The molecule has 1 amide bonds. The van der Waals surface area contributed by atoms with Gasteiger partial charge in [-0.05, 0) is 46.5 Å². The fraction of sp³-hybridized carbons (Fsp3) is 0.250. The van der Waals surface area contributed by atoms with E-state index in [2.05, 4.69) is 33.4 Å². The second kappa shape index (κ2) is 7.78. The molecule has 2 aromatic rings. The second-order valence-corrected chi connectivity index (χ2v) is 5.35. The highest BCUT2D eigenvalue weighted by atomic mass is 79.9. The van der Waals surface area contributed by atoms with Crippen molar-refractivity contribution in [2.45, 2.75) is 26.2 Å². The van der Waals surface area contributed by atoms with Crippen LogP contribution in [0.3, 0.4) is 0 Å². The molecule has 21 heavy (non-hydrogen) atoms. The molecular weight excluding hydrogens is 332 g/mol. The molecule has 0 spiro atoms. The van der Waals surface area contributed by atoms with Gasteiger partial charge < -0.3 is 4.42 Å². The molecule has 1 aromatic carbocycles. The van der Waals surface area contributed by atoms with Crippen molar-refractivity contribution < 1.29 is 9.21 Å². The Balaban J connectivity index is 2.11. The largest absolute Gasteiger partial charge is 0.444 e. The van der Waals surface area contributed by atoms with Gasteiger partial charge in [-0.1, -0.05) is 43.7 Å². The Morgan fingerprint density at radius 1 is 1.24 bits per heavy atom. The van der Waals surface area contributed by atoms with E-state index >= 15 is 0 Å². The van der Waals surface area contributed by atoms with Crippen molar-refractivity contribution in [1.82, 2.24) is 5.43 Å². The van der Waals surface area contributed by atoms with Gasteiger partial charge in [-0.2, -0.15) is 5.10 Å². The zero-order valence-corrected chi connectivity index (χ0v) is 13.4. The van der Waals surface area contributed by atoms with E-state index in [-0.39, 0.29) is 11.7 Å². The van der Waals surface area contributed by atoms with Crippen LogP contribution >= 0.6 is 15.9 Å². The monoisotopic (exact) mass is 348 g/mol. The van der Waals surface area contributed by atoms with Crippen molar-refractivity contribution in [3.63, 3.8) is 0 Å². The maximum Gasteiger partial charge on any atom is 0.307 e. The Bertz CT molecular complexity index is 620. The molecule has 0 aliphatic rings. The predicted octanol–water partition coefficient (Wildman–Crippen LogP) is 4.37. The summed E-state index contributed by atoms with van der Waals surface area (Å²) in [4.78, 5) is 11.9. The number of carbonyl (C=O) groups is 1. The molecule has 0 radical (unpaired) electrons. The highest BCUT2D eigenvalue weighted by molar-refractivity contribution is 9.10. The first kappa shape index (κ1) is 15.5. The summed E-state index contributed by atoms with van der Waals surface area (Å²) in [6, 6.07) is 13.1. The number of halogens is 1. The maximum absolute atomic E-state index is 11.9. The number of nitrogens with one attached hydrogen (secondary N) is 1. The third-order valence-electron chi connectivity index (χ3n) is 2.96. The van der Waals surface area contributed by atoms with E-state index in [4.69, 9.17) is 4.42 Å². The minimum atomic E-state index is -0.356. The first-order valence-corrected chi connectivity index (χ1v) is 7.67. The molecule has 2 rings (SSSR count). The maximum atomic E-state index is 11.9. The number of nitrogens with zero attached hydrogens (tertiary/aromatic N) is 1. The number of unbranched alkanes of at least 4 members (excludes halogenated alkanes) is 1. The van der Waals surface area contributed by atoms with E-state index in [0.29, 0.717) is 4.67 Å². The van der Waals surface area contributed by atoms with Gasteiger partial charge in [0.15, 0.2) is 10.4 Å². The van der Waals surface area contributed by atoms with Crippen molar-refractivity contribution in [2.75, 3.05) is 0 Å². The summed E-state index contributed by atoms with van der Waals surface area (Å²) >= 11 is 3.17. The molecule has 0 aliphatic carbocycles. The van der Waals surface area contributed by atoms with E-state index in [1.807, 2.05) is 30.3 Å². The minimum absolute atomic E-state index is 0.230. The van der Waals surface area contributed by atoms with Gasteiger partial charge in [0.05, 0.1) is 5.71 Å². The molecule has 0 aliphatic heterocycles. The van der Waals surface area contributed by atoms with Crippen LogP contribution in [-0.2, 0) is 0 Å². The third-order valence-corrected chi connectivity index (χ3v) is 3.39. The number of furan rings is 1. The van der Waals surface area contributed by atoms with Gasteiger partial charge in [-0.3, -0.25) is 4.79 Å². The molecule has 0 atom stereocenters. The summed E-state index contributed by atoms with van der Waals surface area (Å²) in [7, 11) is 0. The van der Waals surface area contributed by atoms with Crippen LogP contribution in [0.5, 0.6) is 0 Å². The summed E-state index contributed by atoms with van der Waals surface area (Å²) in [5.74, 6) is -0.126. The molecule has 0 unspecified atom stereocenters. The lowest BCUT2D eigenvalue weighted by Gasteiger charge is -2.06. The number of hydrazone groups is 1. The van der Waals surface area contributed by atoms with Crippen molar-refractivity contribution in [1.29, 1.82) is 0 Å². The van der Waals surface area contributed by atoms with Gasteiger partial charge >= 0.3 is 5.91 Å². The summed E-state index contributed by atoms with van der Waals surface area (Å²) in [5, 5.41) is 4.26. The Morgan fingerprint density at radius 3 is 2.62 bits per heavy atom.